The van der Waals surface area contributed by atoms with Crippen LogP contribution in [0.2, 0.25) is 0 Å². The molecule has 6 heteroatoms. The maximum atomic E-state index is 4.97. The molecule has 2 aromatic heterocycles. The summed E-state index contributed by atoms with van der Waals surface area (Å²) in [6.45, 7) is 2.45. The zero-order chi connectivity index (χ0) is 11.5. The van der Waals surface area contributed by atoms with Crippen molar-refractivity contribution in [3.05, 3.63) is 38.7 Å². The zero-order valence-electron chi connectivity index (χ0n) is 8.50. The lowest BCUT2D eigenvalue weighted by Gasteiger charge is -2.05. The van der Waals surface area contributed by atoms with Gasteiger partial charge < -0.3 is 9.84 Å². The molecule has 0 aromatic carbocycles. The number of halogens is 2. The lowest BCUT2D eigenvalue weighted by molar-refractivity contribution is 0.391. The molecule has 0 fully saturated rings. The van der Waals surface area contributed by atoms with E-state index in [0.717, 1.165) is 26.2 Å². The van der Waals surface area contributed by atoms with Crippen molar-refractivity contribution >= 4 is 37.7 Å². The predicted molar refractivity (Wildman–Crippen MR) is 68.2 cm³/mol. The molecule has 2 aromatic rings. The molecule has 0 aliphatic heterocycles. The highest BCUT2D eigenvalue weighted by Crippen LogP contribution is 2.23. The highest BCUT2D eigenvalue weighted by molar-refractivity contribution is 9.11. The maximum absolute atomic E-state index is 4.97. The number of pyridine rings is 1. The Morgan fingerprint density at radius 2 is 2.19 bits per heavy atom. The summed E-state index contributed by atoms with van der Waals surface area (Å²) in [5, 5.41) is 7.06. The summed E-state index contributed by atoms with van der Waals surface area (Å²) in [6.07, 6.45) is 1.74. The molecular weight excluding hydrogens is 338 g/mol. The molecule has 2 rings (SSSR count). The molecule has 2 heterocycles. The van der Waals surface area contributed by atoms with Gasteiger partial charge in [-0.1, -0.05) is 5.16 Å². The van der Waals surface area contributed by atoms with Gasteiger partial charge in [-0.05, 0) is 44.8 Å². The molecule has 16 heavy (non-hydrogen) atoms. The van der Waals surface area contributed by atoms with Crippen molar-refractivity contribution in [2.45, 2.75) is 13.5 Å². The van der Waals surface area contributed by atoms with Crippen LogP contribution in [-0.4, -0.2) is 10.1 Å². The molecule has 0 radical (unpaired) electrons. The molecule has 1 N–H and O–H groups in total. The third-order valence-corrected chi connectivity index (χ3v) is 2.96. The largest absolute Gasteiger partial charge is 0.363 e. The first kappa shape index (κ1) is 11.6. The average Bonchev–Trinajstić information content (AvgIpc) is 2.63. The smallest absolute Gasteiger partial charge is 0.140 e. The predicted octanol–water partition coefficient (Wildman–Crippen LogP) is 3.52. The first-order chi connectivity index (χ1) is 7.65. The van der Waals surface area contributed by atoms with Crippen molar-refractivity contribution in [2.24, 2.45) is 0 Å². The maximum Gasteiger partial charge on any atom is 0.140 e. The van der Waals surface area contributed by atoms with Crippen LogP contribution in [0.4, 0.5) is 5.82 Å². The van der Waals surface area contributed by atoms with Crippen LogP contribution < -0.4 is 5.32 Å². The number of nitrogens with zero attached hydrogens (tertiary/aromatic N) is 2. The van der Waals surface area contributed by atoms with Crippen LogP contribution in [0.1, 0.15) is 11.5 Å². The average molecular weight is 347 g/mol. The van der Waals surface area contributed by atoms with Gasteiger partial charge in [-0.15, -0.1) is 0 Å². The number of hydrogen-bond acceptors (Lipinski definition) is 4. The van der Waals surface area contributed by atoms with Crippen molar-refractivity contribution < 1.29 is 4.52 Å². The Hall–Kier alpha value is -0.880. The van der Waals surface area contributed by atoms with Crippen molar-refractivity contribution in [3.63, 3.8) is 0 Å². The van der Waals surface area contributed by atoms with Gasteiger partial charge in [-0.2, -0.15) is 0 Å². The molecule has 0 saturated heterocycles. The van der Waals surface area contributed by atoms with Crippen molar-refractivity contribution in [1.82, 2.24) is 10.1 Å². The first-order valence-electron chi connectivity index (χ1n) is 4.62. The second-order valence-corrected chi connectivity index (χ2v) is 5.04. The van der Waals surface area contributed by atoms with Crippen LogP contribution in [-0.2, 0) is 6.54 Å². The van der Waals surface area contributed by atoms with E-state index in [1.807, 2.05) is 19.1 Å². The van der Waals surface area contributed by atoms with E-state index < -0.39 is 0 Å². The SMILES string of the molecule is Cc1cc(CNc2ncc(Br)cc2Br)no1. The lowest BCUT2D eigenvalue weighted by atomic mass is 10.3. The van der Waals surface area contributed by atoms with Crippen LogP contribution in [0.25, 0.3) is 0 Å². The molecule has 0 unspecified atom stereocenters. The minimum Gasteiger partial charge on any atom is -0.363 e. The summed E-state index contributed by atoms with van der Waals surface area (Å²) in [6, 6.07) is 3.82. The van der Waals surface area contributed by atoms with E-state index in [0.29, 0.717) is 6.54 Å². The molecular formula is C10H9Br2N3O. The normalized spacial score (nSPS) is 10.4. The van der Waals surface area contributed by atoms with Crippen LogP contribution in [0.15, 0.2) is 31.8 Å². The Kier molecular flexibility index (Phi) is 3.60. The summed E-state index contributed by atoms with van der Waals surface area (Å²) in [4.78, 5) is 4.24. The van der Waals surface area contributed by atoms with Gasteiger partial charge in [0.25, 0.3) is 0 Å². The number of rotatable bonds is 3. The molecule has 0 aliphatic carbocycles. The van der Waals surface area contributed by atoms with Crippen molar-refractivity contribution in [1.29, 1.82) is 0 Å². The van der Waals surface area contributed by atoms with Gasteiger partial charge in [0, 0.05) is 16.7 Å². The highest BCUT2D eigenvalue weighted by atomic mass is 79.9. The molecule has 4 nitrogen and oxygen atoms in total. The fourth-order valence-corrected chi connectivity index (χ4v) is 2.35. The van der Waals surface area contributed by atoms with Gasteiger partial charge >= 0.3 is 0 Å². The second kappa shape index (κ2) is 4.97. The number of aryl methyl sites for hydroxylation is 1. The molecule has 0 amide bonds. The van der Waals surface area contributed by atoms with Crippen molar-refractivity contribution in [3.8, 4) is 0 Å². The molecule has 0 spiro atoms. The summed E-state index contributed by atoms with van der Waals surface area (Å²) >= 11 is 6.78. The van der Waals surface area contributed by atoms with E-state index in [2.05, 4.69) is 47.3 Å². The van der Waals surface area contributed by atoms with Crippen LogP contribution in [0.5, 0.6) is 0 Å². The minimum atomic E-state index is 0.588. The third-order valence-electron chi connectivity index (χ3n) is 1.92. The Balaban J connectivity index is 2.04. The first-order valence-corrected chi connectivity index (χ1v) is 6.21. The Bertz CT molecular complexity index is 499. The second-order valence-electron chi connectivity index (χ2n) is 3.27. The van der Waals surface area contributed by atoms with Gasteiger partial charge in [0.2, 0.25) is 0 Å². The van der Waals surface area contributed by atoms with E-state index >= 15 is 0 Å². The van der Waals surface area contributed by atoms with Gasteiger partial charge in [-0.3, -0.25) is 0 Å². The molecule has 0 aliphatic rings. The van der Waals surface area contributed by atoms with E-state index in [1.54, 1.807) is 6.20 Å². The van der Waals surface area contributed by atoms with E-state index in [-0.39, 0.29) is 0 Å². The van der Waals surface area contributed by atoms with Crippen LogP contribution in [0, 0.1) is 6.92 Å². The summed E-state index contributed by atoms with van der Waals surface area (Å²) in [5.41, 5.74) is 0.856. The molecule has 0 saturated carbocycles. The summed E-state index contributed by atoms with van der Waals surface area (Å²) < 4.78 is 6.81. The van der Waals surface area contributed by atoms with E-state index in [4.69, 9.17) is 4.52 Å². The van der Waals surface area contributed by atoms with Crippen molar-refractivity contribution in [2.75, 3.05) is 5.32 Å². The standard InChI is InChI=1S/C10H9Br2N3O/c1-6-2-8(15-16-6)5-14-10-9(12)3-7(11)4-13-10/h2-4H,5H2,1H3,(H,13,14). The minimum absolute atomic E-state index is 0.588. The van der Waals surface area contributed by atoms with Gasteiger partial charge in [0.1, 0.15) is 17.3 Å². The summed E-state index contributed by atoms with van der Waals surface area (Å²) in [7, 11) is 0. The zero-order valence-corrected chi connectivity index (χ0v) is 11.7. The molecule has 0 bridgehead atoms. The molecule has 0 atom stereocenters. The van der Waals surface area contributed by atoms with Gasteiger partial charge in [0.15, 0.2) is 0 Å². The number of aromatic nitrogens is 2. The molecule has 84 valence electrons. The summed E-state index contributed by atoms with van der Waals surface area (Å²) in [5.74, 6) is 1.59. The monoisotopic (exact) mass is 345 g/mol. The highest BCUT2D eigenvalue weighted by Gasteiger charge is 2.04. The lowest BCUT2D eigenvalue weighted by Crippen LogP contribution is -2.02. The van der Waals surface area contributed by atoms with Crippen LogP contribution >= 0.6 is 31.9 Å². The number of anilines is 1. The quantitative estimate of drug-likeness (QED) is 0.923. The van der Waals surface area contributed by atoms with Crippen LogP contribution in [0.3, 0.4) is 0 Å². The Morgan fingerprint density at radius 3 is 2.81 bits per heavy atom. The number of nitrogens with one attached hydrogen (secondary N) is 1. The third kappa shape index (κ3) is 2.82. The Labute approximate surface area is 110 Å². The fraction of sp³-hybridized carbons (Fsp3) is 0.200. The Morgan fingerprint density at radius 1 is 1.38 bits per heavy atom. The van der Waals surface area contributed by atoms with E-state index in [9.17, 15) is 0 Å². The van der Waals surface area contributed by atoms with Gasteiger partial charge in [0.05, 0.1) is 11.0 Å². The number of hydrogen-bond donors (Lipinski definition) is 1. The topological polar surface area (TPSA) is 51.0 Å². The van der Waals surface area contributed by atoms with E-state index in [1.165, 1.54) is 0 Å². The fourth-order valence-electron chi connectivity index (χ4n) is 1.22. The van der Waals surface area contributed by atoms with Gasteiger partial charge in [-0.25, -0.2) is 4.98 Å².